The molecule has 0 atom stereocenters. The van der Waals surface area contributed by atoms with Gasteiger partial charge in [0.2, 0.25) is 0 Å². The maximum atomic E-state index is 12.6. The van der Waals surface area contributed by atoms with Crippen molar-refractivity contribution in [1.29, 1.82) is 0 Å². The Balaban J connectivity index is 1.64. The zero-order valence-corrected chi connectivity index (χ0v) is 13.2. The number of amides is 1. The normalized spacial score (nSPS) is 13.0. The Morgan fingerprint density at radius 3 is 2.84 bits per heavy atom. The van der Waals surface area contributed by atoms with Crippen LogP contribution in [0.2, 0.25) is 0 Å². The van der Waals surface area contributed by atoms with Crippen LogP contribution in [0.1, 0.15) is 10.4 Å². The van der Waals surface area contributed by atoms with E-state index in [0.717, 1.165) is 5.39 Å². The number of fused-ring (bicyclic) bond motifs is 2. The predicted molar refractivity (Wildman–Crippen MR) is 93.1 cm³/mol. The third-order valence-corrected chi connectivity index (χ3v) is 4.13. The van der Waals surface area contributed by atoms with Gasteiger partial charge in [0.1, 0.15) is 5.75 Å². The number of hydrogen-bond donors (Lipinski definition) is 1. The van der Waals surface area contributed by atoms with Crippen molar-refractivity contribution < 1.29 is 14.3 Å². The quantitative estimate of drug-likeness (QED) is 0.745. The number of nitrogens with one attached hydrogen (secondary N) is 1. The molecular weight excluding hydrogens is 320 g/mol. The standard InChI is InChI=1S/C19H14N2O4/c22-16(13-5-6-17-15(9-13)20-18(23)11-25-17)10-21-8-7-12-3-1-2-4-14(12)19(21)24/h1-9H,10-11H2,(H,20,23). The number of aromatic nitrogens is 1. The number of carbonyl (C=O) groups excluding carboxylic acids is 2. The van der Waals surface area contributed by atoms with E-state index in [-0.39, 0.29) is 30.4 Å². The van der Waals surface area contributed by atoms with Crippen LogP contribution < -0.4 is 15.6 Å². The minimum atomic E-state index is -0.261. The Morgan fingerprint density at radius 1 is 1.12 bits per heavy atom. The molecule has 124 valence electrons. The van der Waals surface area contributed by atoms with Gasteiger partial charge in [0.25, 0.3) is 11.5 Å². The lowest BCUT2D eigenvalue weighted by molar-refractivity contribution is -0.118. The number of nitrogens with zero attached hydrogens (tertiary/aromatic N) is 1. The molecule has 2 aromatic carbocycles. The molecule has 1 aliphatic rings. The Morgan fingerprint density at radius 2 is 1.96 bits per heavy atom. The Labute approximate surface area is 142 Å². The molecule has 4 rings (SSSR count). The van der Waals surface area contributed by atoms with Crippen LogP contribution in [0.5, 0.6) is 5.75 Å². The Hall–Kier alpha value is -3.41. The van der Waals surface area contributed by atoms with Gasteiger partial charge in [-0.3, -0.25) is 14.4 Å². The van der Waals surface area contributed by atoms with Crippen molar-refractivity contribution in [3.63, 3.8) is 0 Å². The SMILES string of the molecule is O=C1COc2ccc(C(=O)Cn3ccc4ccccc4c3=O)cc2N1. The first-order valence-electron chi connectivity index (χ1n) is 7.80. The number of rotatable bonds is 3. The van der Waals surface area contributed by atoms with E-state index in [4.69, 9.17) is 4.74 Å². The van der Waals surface area contributed by atoms with Crippen LogP contribution in [0.4, 0.5) is 5.69 Å². The molecule has 0 spiro atoms. The molecule has 1 aliphatic heterocycles. The topological polar surface area (TPSA) is 77.4 Å². The maximum absolute atomic E-state index is 12.6. The van der Waals surface area contributed by atoms with Gasteiger partial charge < -0.3 is 14.6 Å². The summed E-state index contributed by atoms with van der Waals surface area (Å²) in [5.41, 5.74) is 0.665. The average molecular weight is 334 g/mol. The molecule has 1 N–H and O–H groups in total. The second-order valence-electron chi connectivity index (χ2n) is 5.81. The number of carbonyl (C=O) groups is 2. The van der Waals surface area contributed by atoms with Gasteiger partial charge in [0.05, 0.1) is 12.2 Å². The predicted octanol–water partition coefficient (Wildman–Crippen LogP) is 2.22. The van der Waals surface area contributed by atoms with Gasteiger partial charge in [0.15, 0.2) is 12.4 Å². The minimum absolute atomic E-state index is 0.0349. The lowest BCUT2D eigenvalue weighted by atomic mass is 10.1. The number of benzene rings is 2. The number of hydrogen-bond acceptors (Lipinski definition) is 4. The van der Waals surface area contributed by atoms with Crippen molar-refractivity contribution in [2.24, 2.45) is 0 Å². The summed E-state index contributed by atoms with van der Waals surface area (Å²) >= 11 is 0. The molecule has 0 saturated heterocycles. The summed E-state index contributed by atoms with van der Waals surface area (Å²) < 4.78 is 6.67. The summed E-state index contributed by atoms with van der Waals surface area (Å²) in [4.78, 5) is 36.5. The maximum Gasteiger partial charge on any atom is 0.262 e. The van der Waals surface area contributed by atoms with Gasteiger partial charge in [-0.05, 0) is 35.7 Å². The molecule has 3 aromatic rings. The molecule has 0 aliphatic carbocycles. The highest BCUT2D eigenvalue weighted by atomic mass is 16.5. The first-order chi connectivity index (χ1) is 12.1. The van der Waals surface area contributed by atoms with E-state index in [1.807, 2.05) is 18.2 Å². The van der Waals surface area contributed by atoms with Crippen molar-refractivity contribution in [3.8, 4) is 5.75 Å². The Kier molecular flexibility index (Phi) is 3.57. The zero-order chi connectivity index (χ0) is 17.4. The molecule has 6 nitrogen and oxygen atoms in total. The van der Waals surface area contributed by atoms with E-state index in [0.29, 0.717) is 22.4 Å². The summed E-state index contributed by atoms with van der Waals surface area (Å²) in [7, 11) is 0. The molecule has 25 heavy (non-hydrogen) atoms. The van der Waals surface area contributed by atoms with Crippen LogP contribution >= 0.6 is 0 Å². The number of pyridine rings is 1. The van der Waals surface area contributed by atoms with Crippen molar-refractivity contribution in [2.45, 2.75) is 6.54 Å². The van der Waals surface area contributed by atoms with Crippen LogP contribution in [0.3, 0.4) is 0 Å². The van der Waals surface area contributed by atoms with Crippen LogP contribution in [0.25, 0.3) is 10.8 Å². The highest BCUT2D eigenvalue weighted by Crippen LogP contribution is 2.28. The molecule has 6 heteroatoms. The van der Waals surface area contributed by atoms with E-state index in [2.05, 4.69) is 5.32 Å². The van der Waals surface area contributed by atoms with Crippen molar-refractivity contribution >= 4 is 28.2 Å². The van der Waals surface area contributed by atoms with E-state index in [1.165, 1.54) is 4.57 Å². The third kappa shape index (κ3) is 2.78. The van der Waals surface area contributed by atoms with Crippen LogP contribution in [-0.4, -0.2) is 22.9 Å². The molecule has 0 bridgehead atoms. The summed E-state index contributed by atoms with van der Waals surface area (Å²) in [5.74, 6) is 0.0434. The molecule has 0 unspecified atom stereocenters. The number of anilines is 1. The fourth-order valence-corrected chi connectivity index (χ4v) is 2.86. The van der Waals surface area contributed by atoms with Gasteiger partial charge in [-0.15, -0.1) is 0 Å². The number of ether oxygens (including phenoxy) is 1. The van der Waals surface area contributed by atoms with Crippen molar-refractivity contribution in [2.75, 3.05) is 11.9 Å². The smallest absolute Gasteiger partial charge is 0.262 e. The Bertz CT molecular complexity index is 1070. The molecule has 0 saturated carbocycles. The summed E-state index contributed by atoms with van der Waals surface area (Å²) in [6.45, 7) is -0.107. The monoisotopic (exact) mass is 334 g/mol. The first kappa shape index (κ1) is 15.1. The lowest BCUT2D eigenvalue weighted by Gasteiger charge is -2.18. The fourth-order valence-electron chi connectivity index (χ4n) is 2.86. The van der Waals surface area contributed by atoms with Crippen LogP contribution in [-0.2, 0) is 11.3 Å². The zero-order valence-electron chi connectivity index (χ0n) is 13.2. The summed E-state index contributed by atoms with van der Waals surface area (Å²) in [5, 5.41) is 4.08. The van der Waals surface area contributed by atoms with Gasteiger partial charge in [-0.1, -0.05) is 18.2 Å². The second kappa shape index (κ2) is 5.90. The molecule has 1 aromatic heterocycles. The first-order valence-corrected chi connectivity index (χ1v) is 7.80. The minimum Gasteiger partial charge on any atom is -0.482 e. The van der Waals surface area contributed by atoms with Crippen LogP contribution in [0.15, 0.2) is 59.5 Å². The van der Waals surface area contributed by atoms with E-state index < -0.39 is 0 Å². The molecule has 0 radical (unpaired) electrons. The molecule has 2 heterocycles. The molecule has 0 fully saturated rings. The summed E-state index contributed by atoms with van der Waals surface area (Å²) in [6, 6.07) is 13.9. The lowest BCUT2D eigenvalue weighted by Crippen LogP contribution is -2.26. The number of Topliss-reactive ketones (excluding diaryl/α,β-unsaturated/α-hetero) is 1. The molecule has 1 amide bonds. The van der Waals surface area contributed by atoms with Gasteiger partial charge in [0, 0.05) is 17.1 Å². The molecular formula is C19H14N2O4. The number of ketones is 1. The van der Waals surface area contributed by atoms with Crippen molar-refractivity contribution in [3.05, 3.63) is 70.6 Å². The van der Waals surface area contributed by atoms with E-state index >= 15 is 0 Å². The fraction of sp³-hybridized carbons (Fsp3) is 0.105. The van der Waals surface area contributed by atoms with E-state index in [9.17, 15) is 14.4 Å². The highest BCUT2D eigenvalue weighted by molar-refractivity contribution is 6.00. The van der Waals surface area contributed by atoms with E-state index in [1.54, 1.807) is 36.5 Å². The van der Waals surface area contributed by atoms with Crippen LogP contribution in [0, 0.1) is 0 Å². The van der Waals surface area contributed by atoms with Gasteiger partial charge >= 0.3 is 0 Å². The summed E-state index contributed by atoms with van der Waals surface area (Å²) in [6.07, 6.45) is 1.62. The highest BCUT2D eigenvalue weighted by Gasteiger charge is 2.18. The van der Waals surface area contributed by atoms with Gasteiger partial charge in [-0.25, -0.2) is 0 Å². The second-order valence-corrected chi connectivity index (χ2v) is 5.81. The van der Waals surface area contributed by atoms with Gasteiger partial charge in [-0.2, -0.15) is 0 Å². The van der Waals surface area contributed by atoms with Crippen molar-refractivity contribution in [1.82, 2.24) is 4.57 Å². The largest absolute Gasteiger partial charge is 0.482 e. The average Bonchev–Trinajstić information content (AvgIpc) is 2.63. The third-order valence-electron chi connectivity index (χ3n) is 4.13.